The molecule has 0 bridgehead atoms. The zero-order valence-corrected chi connectivity index (χ0v) is 6.47. The van der Waals surface area contributed by atoms with Crippen molar-refractivity contribution in [3.05, 3.63) is 0 Å². The lowest BCUT2D eigenvalue weighted by atomic mass is 10.2. The van der Waals surface area contributed by atoms with Crippen LogP contribution in [0.5, 0.6) is 0 Å². The molecule has 0 aromatic heterocycles. The van der Waals surface area contributed by atoms with Crippen LogP contribution < -0.4 is 11.1 Å². The molecule has 3 heteroatoms. The zero-order chi connectivity index (χ0) is 7.82. The quantitative estimate of drug-likeness (QED) is 0.404. The van der Waals surface area contributed by atoms with Crippen LogP contribution in [0.1, 0.15) is 19.8 Å². The van der Waals surface area contributed by atoms with Crippen molar-refractivity contribution in [1.29, 1.82) is 0 Å². The summed E-state index contributed by atoms with van der Waals surface area (Å²) in [7, 11) is 0. The van der Waals surface area contributed by atoms with Crippen molar-refractivity contribution in [1.82, 2.24) is 5.32 Å². The van der Waals surface area contributed by atoms with E-state index in [1.165, 1.54) is 0 Å². The average molecular weight is 144 g/mol. The SMILES string of the molecule is CCNCCCC(N)C=O. The molecule has 0 heterocycles. The van der Waals surface area contributed by atoms with Gasteiger partial charge in [0.15, 0.2) is 0 Å². The number of hydrogen-bond acceptors (Lipinski definition) is 3. The van der Waals surface area contributed by atoms with E-state index in [4.69, 9.17) is 5.73 Å². The van der Waals surface area contributed by atoms with Gasteiger partial charge in [-0.25, -0.2) is 0 Å². The molecular formula is C7H16N2O. The largest absolute Gasteiger partial charge is 0.322 e. The molecule has 0 aliphatic heterocycles. The van der Waals surface area contributed by atoms with Gasteiger partial charge in [0.2, 0.25) is 0 Å². The number of rotatable bonds is 6. The highest BCUT2D eigenvalue weighted by Crippen LogP contribution is 1.88. The normalized spacial score (nSPS) is 13.0. The Morgan fingerprint density at radius 2 is 2.40 bits per heavy atom. The Hall–Kier alpha value is -0.410. The lowest BCUT2D eigenvalue weighted by molar-refractivity contribution is -0.109. The van der Waals surface area contributed by atoms with Gasteiger partial charge in [-0.1, -0.05) is 6.92 Å². The first-order chi connectivity index (χ1) is 4.81. The maximum absolute atomic E-state index is 10.0. The van der Waals surface area contributed by atoms with Gasteiger partial charge >= 0.3 is 0 Å². The fourth-order valence-electron chi connectivity index (χ4n) is 0.708. The van der Waals surface area contributed by atoms with Crippen LogP contribution in [0.3, 0.4) is 0 Å². The van der Waals surface area contributed by atoms with E-state index < -0.39 is 0 Å². The lowest BCUT2D eigenvalue weighted by Gasteiger charge is -2.02. The number of nitrogens with two attached hydrogens (primary N) is 1. The monoisotopic (exact) mass is 144 g/mol. The summed E-state index contributed by atoms with van der Waals surface area (Å²) in [4.78, 5) is 10.0. The van der Waals surface area contributed by atoms with Crippen molar-refractivity contribution >= 4 is 6.29 Å². The number of hydrogen-bond donors (Lipinski definition) is 2. The molecule has 0 saturated carbocycles. The molecule has 0 saturated heterocycles. The van der Waals surface area contributed by atoms with Crippen LogP contribution in [0, 0.1) is 0 Å². The molecule has 0 fully saturated rings. The molecule has 0 radical (unpaired) electrons. The number of aldehydes is 1. The van der Waals surface area contributed by atoms with Crippen LogP contribution in [0.15, 0.2) is 0 Å². The summed E-state index contributed by atoms with van der Waals surface area (Å²) in [6.45, 7) is 3.99. The molecule has 0 spiro atoms. The van der Waals surface area contributed by atoms with Crippen molar-refractivity contribution in [2.45, 2.75) is 25.8 Å². The van der Waals surface area contributed by atoms with Crippen molar-refractivity contribution in [3.63, 3.8) is 0 Å². The van der Waals surface area contributed by atoms with Gasteiger partial charge in [-0.2, -0.15) is 0 Å². The molecule has 1 atom stereocenters. The molecule has 60 valence electrons. The molecule has 0 amide bonds. The first-order valence-corrected chi connectivity index (χ1v) is 3.72. The molecule has 0 aromatic carbocycles. The van der Waals surface area contributed by atoms with Crippen molar-refractivity contribution in [2.75, 3.05) is 13.1 Å². The number of carbonyl (C=O) groups is 1. The van der Waals surface area contributed by atoms with Gasteiger partial charge in [0, 0.05) is 0 Å². The fraction of sp³-hybridized carbons (Fsp3) is 0.857. The molecular weight excluding hydrogens is 128 g/mol. The van der Waals surface area contributed by atoms with Crippen LogP contribution >= 0.6 is 0 Å². The van der Waals surface area contributed by atoms with Gasteiger partial charge < -0.3 is 15.8 Å². The Morgan fingerprint density at radius 3 is 2.90 bits per heavy atom. The second kappa shape index (κ2) is 6.71. The Kier molecular flexibility index (Phi) is 6.43. The third-order valence-electron chi connectivity index (χ3n) is 1.32. The Bertz CT molecular complexity index is 85.7. The smallest absolute Gasteiger partial charge is 0.136 e. The highest BCUT2D eigenvalue weighted by atomic mass is 16.1. The predicted octanol–water partition coefficient (Wildman–Crippen LogP) is -0.0977. The van der Waals surface area contributed by atoms with Crippen molar-refractivity contribution in [3.8, 4) is 0 Å². The number of carbonyl (C=O) groups excluding carboxylic acids is 1. The Labute approximate surface area is 62.0 Å². The summed E-state index contributed by atoms with van der Waals surface area (Å²) in [5, 5.41) is 3.16. The molecule has 0 rings (SSSR count). The van der Waals surface area contributed by atoms with Gasteiger partial charge in [-0.15, -0.1) is 0 Å². The minimum atomic E-state index is -0.265. The summed E-state index contributed by atoms with van der Waals surface area (Å²) < 4.78 is 0. The van der Waals surface area contributed by atoms with Crippen LogP contribution in [-0.4, -0.2) is 25.4 Å². The second-order valence-electron chi connectivity index (χ2n) is 2.30. The van der Waals surface area contributed by atoms with E-state index in [1.54, 1.807) is 0 Å². The van der Waals surface area contributed by atoms with Crippen LogP contribution in [0.4, 0.5) is 0 Å². The van der Waals surface area contributed by atoms with Crippen LogP contribution in [-0.2, 0) is 4.79 Å². The third-order valence-corrected chi connectivity index (χ3v) is 1.32. The molecule has 0 aliphatic carbocycles. The first kappa shape index (κ1) is 9.59. The summed E-state index contributed by atoms with van der Waals surface area (Å²) in [6, 6.07) is -0.265. The third kappa shape index (κ3) is 5.72. The van der Waals surface area contributed by atoms with Crippen molar-refractivity contribution < 1.29 is 4.79 Å². The van der Waals surface area contributed by atoms with E-state index in [0.717, 1.165) is 32.2 Å². The topological polar surface area (TPSA) is 55.1 Å². The second-order valence-corrected chi connectivity index (χ2v) is 2.30. The van der Waals surface area contributed by atoms with Crippen molar-refractivity contribution in [2.24, 2.45) is 5.73 Å². The lowest BCUT2D eigenvalue weighted by Crippen LogP contribution is -2.23. The van der Waals surface area contributed by atoms with Crippen LogP contribution in [0.25, 0.3) is 0 Å². The Balaban J connectivity index is 2.95. The summed E-state index contributed by atoms with van der Waals surface area (Å²) in [5.74, 6) is 0. The van der Waals surface area contributed by atoms with E-state index >= 15 is 0 Å². The standard InChI is InChI=1S/C7H16N2O/c1-2-9-5-3-4-7(8)6-10/h6-7,9H,2-5,8H2,1H3. The number of nitrogens with one attached hydrogen (secondary N) is 1. The zero-order valence-electron chi connectivity index (χ0n) is 6.47. The predicted molar refractivity (Wildman–Crippen MR) is 41.8 cm³/mol. The van der Waals surface area contributed by atoms with Gasteiger partial charge in [-0.05, 0) is 25.9 Å². The Morgan fingerprint density at radius 1 is 1.70 bits per heavy atom. The summed E-state index contributed by atoms with van der Waals surface area (Å²) in [6.07, 6.45) is 2.57. The first-order valence-electron chi connectivity index (χ1n) is 3.72. The van der Waals surface area contributed by atoms with Gasteiger partial charge in [-0.3, -0.25) is 0 Å². The van der Waals surface area contributed by atoms with Gasteiger partial charge in [0.25, 0.3) is 0 Å². The highest BCUT2D eigenvalue weighted by molar-refractivity contribution is 5.56. The maximum atomic E-state index is 10.0. The van der Waals surface area contributed by atoms with E-state index in [0.29, 0.717) is 0 Å². The molecule has 10 heavy (non-hydrogen) atoms. The molecule has 0 aliphatic rings. The molecule has 1 unspecified atom stereocenters. The molecule has 3 N–H and O–H groups in total. The fourth-order valence-corrected chi connectivity index (χ4v) is 0.708. The highest BCUT2D eigenvalue weighted by Gasteiger charge is 1.97. The van der Waals surface area contributed by atoms with E-state index in [2.05, 4.69) is 12.2 Å². The molecule has 3 nitrogen and oxygen atoms in total. The summed E-state index contributed by atoms with van der Waals surface area (Å²) in [5.41, 5.74) is 5.36. The van der Waals surface area contributed by atoms with Gasteiger partial charge in [0.1, 0.15) is 6.29 Å². The van der Waals surface area contributed by atoms with Crippen LogP contribution in [0.2, 0.25) is 0 Å². The minimum absolute atomic E-state index is 0.265. The van der Waals surface area contributed by atoms with Gasteiger partial charge in [0.05, 0.1) is 6.04 Å². The average Bonchev–Trinajstić information content (AvgIpc) is 1.98. The van der Waals surface area contributed by atoms with E-state index in [-0.39, 0.29) is 6.04 Å². The molecule has 0 aromatic rings. The summed E-state index contributed by atoms with van der Waals surface area (Å²) >= 11 is 0. The van der Waals surface area contributed by atoms with E-state index in [1.807, 2.05) is 0 Å². The minimum Gasteiger partial charge on any atom is -0.322 e. The maximum Gasteiger partial charge on any atom is 0.136 e. The van der Waals surface area contributed by atoms with E-state index in [9.17, 15) is 4.79 Å².